The molecular weight excluding hydrogens is 336 g/mol. The van der Waals surface area contributed by atoms with Crippen molar-refractivity contribution in [3.8, 4) is 0 Å². The fraction of sp³-hybridized carbons (Fsp3) is 0.217. The van der Waals surface area contributed by atoms with Crippen molar-refractivity contribution >= 4 is 28.3 Å². The zero-order chi connectivity index (χ0) is 18.6. The van der Waals surface area contributed by atoms with Crippen molar-refractivity contribution < 1.29 is 0 Å². The molecule has 0 atom stereocenters. The molecule has 132 valence electrons. The summed E-state index contributed by atoms with van der Waals surface area (Å²) in [6, 6.07) is 10.5. The first-order chi connectivity index (χ1) is 12.4. The first kappa shape index (κ1) is 16.9. The molecule has 0 spiro atoms. The van der Waals surface area contributed by atoms with Crippen LogP contribution < -0.4 is 9.80 Å². The summed E-state index contributed by atoms with van der Waals surface area (Å²) in [5.74, 6) is 0.383. The molecule has 1 aromatic heterocycles. The third kappa shape index (κ3) is 2.31. The monoisotopic (exact) mass is 360 g/mol. The molecule has 0 N–H and O–H groups in total. The normalized spacial score (nSPS) is 16.9. The van der Waals surface area contributed by atoms with Crippen LogP contribution in [0.25, 0.3) is 5.57 Å². The van der Waals surface area contributed by atoms with Crippen LogP contribution in [-0.4, -0.2) is 7.05 Å². The van der Waals surface area contributed by atoms with Crippen LogP contribution in [0.15, 0.2) is 77.6 Å². The highest BCUT2D eigenvalue weighted by atomic mass is 32.1. The Hall–Kier alpha value is -2.52. The van der Waals surface area contributed by atoms with Gasteiger partial charge in [0.15, 0.2) is 0 Å². The molecule has 0 saturated carbocycles. The smallest absolute Gasteiger partial charge is 0.0599 e. The molecule has 0 saturated heterocycles. The Morgan fingerprint density at radius 1 is 1.08 bits per heavy atom. The predicted octanol–water partition coefficient (Wildman–Crippen LogP) is 6.35. The zero-order valence-electron chi connectivity index (χ0n) is 15.8. The Bertz CT molecular complexity index is 973. The number of fused-ring (bicyclic) bond motifs is 1. The largest absolute Gasteiger partial charge is 0.343 e. The Labute approximate surface area is 160 Å². The molecule has 3 heteroatoms. The van der Waals surface area contributed by atoms with Gasteiger partial charge in [-0.15, -0.1) is 11.3 Å². The molecule has 0 fully saturated rings. The fourth-order valence-corrected chi connectivity index (χ4v) is 4.81. The van der Waals surface area contributed by atoms with E-state index in [4.69, 9.17) is 0 Å². The van der Waals surface area contributed by atoms with Gasteiger partial charge in [0.25, 0.3) is 0 Å². The summed E-state index contributed by atoms with van der Waals surface area (Å²) in [7, 11) is 2.15. The molecule has 1 aromatic carbocycles. The van der Waals surface area contributed by atoms with Gasteiger partial charge in [0.1, 0.15) is 0 Å². The van der Waals surface area contributed by atoms with Gasteiger partial charge < -0.3 is 9.80 Å². The summed E-state index contributed by atoms with van der Waals surface area (Å²) in [5.41, 5.74) is 9.34. The number of likely N-dealkylation sites (N-methyl/N-ethyl adjacent to an activating group) is 1. The minimum atomic E-state index is 0.383. The van der Waals surface area contributed by atoms with Gasteiger partial charge in [-0.05, 0) is 36.6 Å². The molecule has 2 aromatic rings. The van der Waals surface area contributed by atoms with Crippen molar-refractivity contribution in [3.05, 3.63) is 88.1 Å². The predicted molar refractivity (Wildman–Crippen MR) is 115 cm³/mol. The van der Waals surface area contributed by atoms with Crippen LogP contribution in [0.1, 0.15) is 24.3 Å². The highest BCUT2D eigenvalue weighted by molar-refractivity contribution is 7.10. The lowest BCUT2D eigenvalue weighted by molar-refractivity contribution is 0.728. The summed E-state index contributed by atoms with van der Waals surface area (Å²) < 4.78 is 0. The van der Waals surface area contributed by atoms with E-state index in [-0.39, 0.29) is 0 Å². The van der Waals surface area contributed by atoms with Crippen LogP contribution in [0, 0.1) is 12.8 Å². The fourth-order valence-electron chi connectivity index (χ4n) is 3.90. The number of benzene rings is 1. The highest BCUT2D eigenvalue weighted by Crippen LogP contribution is 2.50. The Morgan fingerprint density at radius 3 is 2.42 bits per heavy atom. The molecular formula is C23H24N2S. The molecule has 2 aliphatic heterocycles. The third-order valence-electron chi connectivity index (χ3n) is 5.25. The number of anilines is 2. The quantitative estimate of drug-likeness (QED) is 0.616. The number of nitrogens with zero attached hydrogens (tertiary/aromatic N) is 2. The van der Waals surface area contributed by atoms with Gasteiger partial charge in [0.05, 0.1) is 11.4 Å². The topological polar surface area (TPSA) is 6.48 Å². The molecule has 0 aliphatic carbocycles. The lowest BCUT2D eigenvalue weighted by atomic mass is 9.86. The number of hydrogen-bond donors (Lipinski definition) is 0. The van der Waals surface area contributed by atoms with E-state index in [0.717, 1.165) is 22.5 Å². The van der Waals surface area contributed by atoms with E-state index in [9.17, 15) is 0 Å². The minimum Gasteiger partial charge on any atom is -0.343 e. The lowest BCUT2D eigenvalue weighted by Gasteiger charge is -2.42. The van der Waals surface area contributed by atoms with Gasteiger partial charge in [-0.3, -0.25) is 0 Å². The second kappa shape index (κ2) is 6.03. The number of para-hydroxylation sites is 1. The van der Waals surface area contributed by atoms with E-state index in [1.807, 2.05) is 6.07 Å². The second-order valence-electron chi connectivity index (χ2n) is 7.19. The Morgan fingerprint density at radius 2 is 1.77 bits per heavy atom. The van der Waals surface area contributed by atoms with Crippen LogP contribution in [-0.2, 0) is 0 Å². The SMILES string of the molecule is C=C1C2=C(C=C(C(C)C)N(c3ccccc3)C2=C)N(C)c2csc(C)c21. The summed E-state index contributed by atoms with van der Waals surface area (Å²) in [4.78, 5) is 5.88. The van der Waals surface area contributed by atoms with Crippen LogP contribution >= 0.6 is 11.3 Å². The van der Waals surface area contributed by atoms with Crippen molar-refractivity contribution in [2.24, 2.45) is 5.92 Å². The molecule has 2 nitrogen and oxygen atoms in total. The van der Waals surface area contributed by atoms with Gasteiger partial charge in [-0.1, -0.05) is 45.2 Å². The zero-order valence-corrected chi connectivity index (χ0v) is 16.7. The summed E-state index contributed by atoms with van der Waals surface area (Å²) in [5, 5.41) is 2.23. The Kier molecular flexibility index (Phi) is 3.92. The average molecular weight is 361 g/mol. The van der Waals surface area contributed by atoms with Gasteiger partial charge >= 0.3 is 0 Å². The van der Waals surface area contributed by atoms with E-state index in [0.29, 0.717) is 5.92 Å². The number of aryl methyl sites for hydroxylation is 1. The Balaban J connectivity index is 1.93. The van der Waals surface area contributed by atoms with Gasteiger partial charge in [-0.25, -0.2) is 0 Å². The third-order valence-corrected chi connectivity index (χ3v) is 6.14. The highest BCUT2D eigenvalue weighted by Gasteiger charge is 2.35. The molecule has 2 aliphatic rings. The number of hydrogen-bond acceptors (Lipinski definition) is 3. The van der Waals surface area contributed by atoms with Gasteiger partial charge in [0.2, 0.25) is 0 Å². The van der Waals surface area contributed by atoms with Crippen molar-refractivity contribution in [2.45, 2.75) is 20.8 Å². The molecule has 26 heavy (non-hydrogen) atoms. The molecule has 4 rings (SSSR count). The van der Waals surface area contributed by atoms with Crippen LogP contribution in [0.3, 0.4) is 0 Å². The van der Waals surface area contributed by atoms with E-state index in [1.54, 1.807) is 11.3 Å². The van der Waals surface area contributed by atoms with E-state index in [1.165, 1.54) is 27.5 Å². The van der Waals surface area contributed by atoms with Crippen LogP contribution in [0.4, 0.5) is 11.4 Å². The first-order valence-corrected chi connectivity index (χ1v) is 9.81. The molecule has 3 heterocycles. The maximum atomic E-state index is 4.50. The molecule has 0 unspecified atom stereocenters. The van der Waals surface area contributed by atoms with Gasteiger partial charge in [0, 0.05) is 45.5 Å². The van der Waals surface area contributed by atoms with E-state index < -0.39 is 0 Å². The number of rotatable bonds is 2. The van der Waals surface area contributed by atoms with Crippen molar-refractivity contribution in [2.75, 3.05) is 16.8 Å². The van der Waals surface area contributed by atoms with Crippen LogP contribution in [0.2, 0.25) is 0 Å². The number of thiophene rings is 1. The molecule has 0 radical (unpaired) electrons. The summed E-state index contributed by atoms with van der Waals surface area (Å²) in [6.45, 7) is 15.6. The maximum absolute atomic E-state index is 4.50. The van der Waals surface area contributed by atoms with Gasteiger partial charge in [-0.2, -0.15) is 0 Å². The van der Waals surface area contributed by atoms with Crippen LogP contribution in [0.5, 0.6) is 0 Å². The molecule has 0 bridgehead atoms. The standard InChI is InChI=1S/C23H24N2S/c1-14(2)19-12-20-22(16(4)25(19)18-10-8-7-9-11-18)15(3)23-17(5)26-13-21(23)24(20)6/h7-14H,3-4H2,1-2,5-6H3. The second-order valence-corrected chi connectivity index (χ2v) is 8.28. The lowest BCUT2D eigenvalue weighted by Crippen LogP contribution is -2.34. The average Bonchev–Trinajstić information content (AvgIpc) is 3.01. The van der Waals surface area contributed by atoms with Crippen molar-refractivity contribution in [1.82, 2.24) is 0 Å². The van der Waals surface area contributed by atoms with Crippen molar-refractivity contribution in [3.63, 3.8) is 0 Å². The van der Waals surface area contributed by atoms with E-state index >= 15 is 0 Å². The molecule has 0 amide bonds. The van der Waals surface area contributed by atoms with E-state index in [2.05, 4.69) is 86.5 Å². The number of allylic oxidation sites excluding steroid dienone is 3. The maximum Gasteiger partial charge on any atom is 0.0599 e. The first-order valence-electron chi connectivity index (χ1n) is 8.93. The summed E-state index contributed by atoms with van der Waals surface area (Å²) in [6.07, 6.45) is 2.31. The summed E-state index contributed by atoms with van der Waals surface area (Å²) >= 11 is 1.79. The minimum absolute atomic E-state index is 0.383. The van der Waals surface area contributed by atoms with Crippen molar-refractivity contribution in [1.29, 1.82) is 0 Å².